The van der Waals surface area contributed by atoms with Gasteiger partial charge in [0.05, 0.1) is 22.3 Å². The maximum atomic E-state index is 12.2. The van der Waals surface area contributed by atoms with Gasteiger partial charge >= 0.3 is 12.1 Å². The number of amides is 4. The molecular formula is C30H46Cl2N4O6. The van der Waals surface area contributed by atoms with Gasteiger partial charge in [-0.05, 0) is 84.6 Å². The molecule has 0 saturated heterocycles. The second-order valence-electron chi connectivity index (χ2n) is 13.2. The van der Waals surface area contributed by atoms with Gasteiger partial charge in [0.15, 0.2) is 0 Å². The molecule has 0 aromatic heterocycles. The first-order chi connectivity index (χ1) is 18.9. The molecule has 0 saturated carbocycles. The van der Waals surface area contributed by atoms with Gasteiger partial charge in [0.1, 0.15) is 11.5 Å². The van der Waals surface area contributed by atoms with Crippen molar-refractivity contribution in [3.8, 4) is 11.5 Å². The highest BCUT2D eigenvalue weighted by Gasteiger charge is 2.27. The second-order valence-corrected chi connectivity index (χ2v) is 14.0. The lowest BCUT2D eigenvalue weighted by molar-refractivity contribution is 0.194. The number of carbonyl (C=O) groups excluding carboxylic acids is 2. The topological polar surface area (TPSA) is 163 Å². The van der Waals surface area contributed by atoms with Gasteiger partial charge in [0, 0.05) is 33.6 Å². The third-order valence-corrected chi connectivity index (χ3v) is 6.09. The normalized spacial score (nSPS) is 13.3. The summed E-state index contributed by atoms with van der Waals surface area (Å²) in [5.41, 5.74) is 0.681. The fourth-order valence-electron chi connectivity index (χ4n) is 4.36. The first kappa shape index (κ1) is 37.1. The summed E-state index contributed by atoms with van der Waals surface area (Å²) in [5.74, 6) is -0.362. The maximum Gasteiger partial charge on any atom is 0.319 e. The van der Waals surface area contributed by atoms with Crippen LogP contribution in [0, 0.1) is 5.41 Å². The Balaban J connectivity index is 0.000000428. The van der Waals surface area contributed by atoms with Gasteiger partial charge in [0.2, 0.25) is 0 Å². The van der Waals surface area contributed by atoms with Gasteiger partial charge in [-0.3, -0.25) is 0 Å². The van der Waals surface area contributed by atoms with Crippen molar-refractivity contribution in [3.63, 3.8) is 0 Å². The number of phenolic OH excluding ortho intramolecular Hbond substituents is 2. The molecule has 0 heterocycles. The van der Waals surface area contributed by atoms with Crippen LogP contribution in [-0.4, -0.2) is 43.6 Å². The van der Waals surface area contributed by atoms with Crippen LogP contribution in [0.3, 0.4) is 0 Å². The molecule has 2 unspecified atom stereocenters. The molecule has 2 aromatic carbocycles. The van der Waals surface area contributed by atoms with Gasteiger partial charge in [-0.15, -0.1) is 0 Å². The fourth-order valence-corrected chi connectivity index (χ4v) is 4.82. The Morgan fingerprint density at radius 3 is 1.38 bits per heavy atom. The molecule has 2 atom stereocenters. The van der Waals surface area contributed by atoms with Crippen LogP contribution in [-0.2, 0) is 0 Å². The summed E-state index contributed by atoms with van der Waals surface area (Å²) in [5, 5.41) is 49.8. The maximum absolute atomic E-state index is 12.2. The number of aromatic hydroxyl groups is 2. The van der Waals surface area contributed by atoms with E-state index in [2.05, 4.69) is 42.0 Å². The van der Waals surface area contributed by atoms with Crippen LogP contribution in [0.1, 0.15) is 99.0 Å². The van der Waals surface area contributed by atoms with Gasteiger partial charge in [-0.2, -0.15) is 0 Å². The molecule has 0 bridgehead atoms. The van der Waals surface area contributed by atoms with Crippen LogP contribution < -0.4 is 21.3 Å². The van der Waals surface area contributed by atoms with Crippen molar-refractivity contribution in [1.29, 1.82) is 0 Å². The molecule has 12 heteroatoms. The largest absolute Gasteiger partial charge is 0.506 e. The Hall–Kier alpha value is -2.92. The lowest BCUT2D eigenvalue weighted by atomic mass is 9.82. The molecule has 0 aliphatic carbocycles. The SMILES string of the molecule is CC(O)c1cc(NC(=O)NC(C)(C)C)cc(Cl)c1O.CC(O)c1cc(NC(=O)NC(C)(C)CC(C)(C)C)cc(Cl)c1O. The quantitative estimate of drug-likeness (QED) is 0.155. The van der Waals surface area contributed by atoms with E-state index in [0.717, 1.165) is 6.42 Å². The first-order valence-corrected chi connectivity index (χ1v) is 14.3. The summed E-state index contributed by atoms with van der Waals surface area (Å²) in [6.07, 6.45) is -0.970. The lowest BCUT2D eigenvalue weighted by Gasteiger charge is -2.33. The van der Waals surface area contributed by atoms with Gasteiger partial charge in [-0.1, -0.05) is 44.0 Å². The molecule has 0 aliphatic heterocycles. The van der Waals surface area contributed by atoms with E-state index >= 15 is 0 Å². The van der Waals surface area contributed by atoms with E-state index in [1.54, 1.807) is 0 Å². The van der Waals surface area contributed by atoms with Crippen molar-refractivity contribution in [3.05, 3.63) is 45.4 Å². The van der Waals surface area contributed by atoms with E-state index < -0.39 is 12.2 Å². The van der Waals surface area contributed by atoms with Crippen molar-refractivity contribution in [1.82, 2.24) is 10.6 Å². The van der Waals surface area contributed by atoms with Crippen molar-refractivity contribution in [2.45, 2.75) is 98.9 Å². The monoisotopic (exact) mass is 628 g/mol. The molecule has 0 radical (unpaired) electrons. The fraction of sp³-hybridized carbons (Fsp3) is 0.533. The molecule has 2 aromatic rings. The van der Waals surface area contributed by atoms with Crippen LogP contribution in [0.4, 0.5) is 21.0 Å². The Labute approximate surface area is 258 Å². The molecule has 10 nitrogen and oxygen atoms in total. The van der Waals surface area contributed by atoms with E-state index in [9.17, 15) is 30.0 Å². The van der Waals surface area contributed by atoms with Gasteiger partial charge < -0.3 is 41.7 Å². The number of aliphatic hydroxyl groups is 2. The van der Waals surface area contributed by atoms with Crippen LogP contribution >= 0.6 is 23.2 Å². The van der Waals surface area contributed by atoms with Crippen molar-refractivity contribution in [2.75, 3.05) is 10.6 Å². The Morgan fingerprint density at radius 2 is 1.07 bits per heavy atom. The van der Waals surface area contributed by atoms with E-state index in [-0.39, 0.29) is 61.2 Å². The zero-order chi connectivity index (χ0) is 32.8. The second kappa shape index (κ2) is 14.5. The summed E-state index contributed by atoms with van der Waals surface area (Å²) >= 11 is 11.8. The van der Waals surface area contributed by atoms with Crippen molar-refractivity contribution >= 4 is 46.6 Å². The van der Waals surface area contributed by atoms with E-state index in [1.807, 2.05) is 34.6 Å². The van der Waals surface area contributed by atoms with E-state index in [1.165, 1.54) is 38.1 Å². The summed E-state index contributed by atoms with van der Waals surface area (Å²) in [6, 6.07) is 5.10. The number of hydrogen-bond acceptors (Lipinski definition) is 6. The summed E-state index contributed by atoms with van der Waals surface area (Å²) < 4.78 is 0. The summed E-state index contributed by atoms with van der Waals surface area (Å²) in [7, 11) is 0. The Morgan fingerprint density at radius 1 is 0.714 bits per heavy atom. The molecule has 42 heavy (non-hydrogen) atoms. The number of urea groups is 2. The molecule has 236 valence electrons. The van der Waals surface area contributed by atoms with Crippen LogP contribution in [0.5, 0.6) is 11.5 Å². The van der Waals surface area contributed by atoms with Crippen molar-refractivity contribution < 1.29 is 30.0 Å². The van der Waals surface area contributed by atoms with Gasteiger partial charge in [0.25, 0.3) is 0 Å². The smallest absolute Gasteiger partial charge is 0.319 e. The van der Waals surface area contributed by atoms with E-state index in [4.69, 9.17) is 23.2 Å². The third-order valence-electron chi connectivity index (χ3n) is 5.51. The standard InChI is InChI=1S/C17H27ClN2O3.C13H19ClN2O3/c1-10(21)12-7-11(8-13(18)14(12)22)19-15(23)20-17(5,6)9-16(2,3)4;1-7(17)9-5-8(6-10(14)11(9)18)15-12(19)16-13(2,3)4/h7-8,10,21-22H,9H2,1-6H3,(H2,19,20,23);5-7,17-18H,1-4H3,(H2,15,16,19). The number of phenols is 2. The number of rotatable bonds is 6. The number of benzene rings is 2. The Bertz CT molecular complexity index is 1250. The van der Waals surface area contributed by atoms with Crippen LogP contribution in [0.2, 0.25) is 10.0 Å². The molecular weight excluding hydrogens is 583 g/mol. The zero-order valence-electron chi connectivity index (χ0n) is 26.0. The van der Waals surface area contributed by atoms with Crippen LogP contribution in [0.25, 0.3) is 0 Å². The van der Waals surface area contributed by atoms with Gasteiger partial charge in [-0.25, -0.2) is 9.59 Å². The number of aliphatic hydroxyl groups excluding tert-OH is 2. The highest BCUT2D eigenvalue weighted by Crippen LogP contribution is 2.36. The molecule has 4 amide bonds. The molecule has 8 N–H and O–H groups in total. The van der Waals surface area contributed by atoms with E-state index in [0.29, 0.717) is 11.4 Å². The highest BCUT2D eigenvalue weighted by atomic mass is 35.5. The average Bonchev–Trinajstić information content (AvgIpc) is 2.74. The number of hydrogen-bond donors (Lipinski definition) is 8. The predicted octanol–water partition coefficient (Wildman–Crippen LogP) is 7.45. The number of carbonyl (C=O) groups is 2. The molecule has 0 fully saturated rings. The average molecular weight is 630 g/mol. The Kier molecular flexibility index (Phi) is 12.8. The minimum atomic E-state index is -0.894. The predicted molar refractivity (Wildman–Crippen MR) is 170 cm³/mol. The minimum absolute atomic E-state index is 0.0736. The number of halogens is 2. The first-order valence-electron chi connectivity index (χ1n) is 13.5. The lowest BCUT2D eigenvalue weighted by Crippen LogP contribution is -2.47. The minimum Gasteiger partial charge on any atom is -0.506 e. The van der Waals surface area contributed by atoms with Crippen molar-refractivity contribution in [2.24, 2.45) is 5.41 Å². The number of anilines is 2. The van der Waals surface area contributed by atoms with Crippen LogP contribution in [0.15, 0.2) is 24.3 Å². The molecule has 0 aliphatic rings. The molecule has 0 spiro atoms. The highest BCUT2D eigenvalue weighted by molar-refractivity contribution is 6.32. The summed E-state index contributed by atoms with van der Waals surface area (Å²) in [6.45, 7) is 18.9. The third kappa shape index (κ3) is 12.9. The zero-order valence-corrected chi connectivity index (χ0v) is 27.5. The summed E-state index contributed by atoms with van der Waals surface area (Å²) in [4.78, 5) is 23.9. The number of nitrogens with one attached hydrogen (secondary N) is 4. The molecule has 2 rings (SSSR count).